The Morgan fingerprint density at radius 3 is 0.409 bits per heavy atom. The second-order valence-electron chi connectivity index (χ2n) is 1.34. The molecule has 0 aromatic heterocycles. The second-order valence-corrected chi connectivity index (χ2v) is 4.02. The topological polar surface area (TPSA) is 353 Å². The SMILES string of the molecule is O.O.O.O=P([O-])([O-])[O-].O=P([O-])([O-])[O-].O=P([O-])([O-])[O-].[Al+3].[Zn+2].[Zn+2].[Zn+2]. The van der Waals surface area contributed by atoms with E-state index in [1.807, 2.05) is 0 Å². The fraction of sp³-hybridized carbons (Fsp3) is 0. The van der Waals surface area contributed by atoms with Crippen LogP contribution in [0.3, 0.4) is 0 Å². The van der Waals surface area contributed by atoms with E-state index in [0.29, 0.717) is 0 Å². The first-order valence-corrected chi connectivity index (χ1v) is 6.57. The number of hydrogen-bond donors (Lipinski definition) is 0. The zero-order chi connectivity index (χ0) is 13.5. The van der Waals surface area contributed by atoms with Crippen LogP contribution in [0.25, 0.3) is 0 Å². The van der Waals surface area contributed by atoms with E-state index in [2.05, 4.69) is 0 Å². The maximum atomic E-state index is 8.55. The standard InChI is InChI=1S/Al.3H3O4P.3H2O.3Zn/c;3*1-5(2,3)4;;;;;;/h;3*(H3,1,2,3,4);3*1H2;;;/q+3;;;;;;;3*+2/p-9. The number of hydrogen-bond acceptors (Lipinski definition) is 12. The van der Waals surface area contributed by atoms with Crippen LogP contribution in [0, 0.1) is 0 Å². The zero-order valence-electron chi connectivity index (χ0n) is 10.4. The van der Waals surface area contributed by atoms with Crippen LogP contribution in [0.4, 0.5) is 0 Å². The fourth-order valence-electron chi connectivity index (χ4n) is 0. The Bertz CT molecular complexity index is 216. The van der Waals surface area contributed by atoms with Crippen molar-refractivity contribution < 1.29 is 133 Å². The van der Waals surface area contributed by atoms with Crippen molar-refractivity contribution in [1.82, 2.24) is 0 Å². The number of rotatable bonds is 0. The van der Waals surface area contributed by atoms with Gasteiger partial charge < -0.3 is 74.2 Å². The summed E-state index contributed by atoms with van der Waals surface area (Å²) in [6.45, 7) is 0. The summed E-state index contributed by atoms with van der Waals surface area (Å²) in [5.74, 6) is 0. The Morgan fingerprint density at radius 1 is 0.409 bits per heavy atom. The van der Waals surface area contributed by atoms with Gasteiger partial charge >= 0.3 is 75.8 Å². The van der Waals surface area contributed by atoms with E-state index in [4.69, 9.17) is 57.7 Å². The predicted octanol–water partition coefficient (Wildman–Crippen LogP) is -11.3. The molecule has 0 aromatic rings. The van der Waals surface area contributed by atoms with Crippen LogP contribution in [-0.2, 0) is 72.1 Å². The van der Waals surface area contributed by atoms with Crippen molar-refractivity contribution in [3.63, 3.8) is 0 Å². The molecule has 22 heteroatoms. The molecule has 120 valence electrons. The van der Waals surface area contributed by atoms with Crippen LogP contribution in [0.2, 0.25) is 0 Å². The molecule has 0 rings (SSSR count). The third-order valence-corrected chi connectivity index (χ3v) is 0. The van der Waals surface area contributed by atoms with Gasteiger partial charge in [0, 0.05) is 0 Å². The average Bonchev–Trinajstić information content (AvgIpc) is 1.41. The second kappa shape index (κ2) is 28.4. The summed E-state index contributed by atoms with van der Waals surface area (Å²) in [4.78, 5) is 76.9. The molecule has 0 aliphatic rings. The molecule has 0 unspecified atom stereocenters. The van der Waals surface area contributed by atoms with Gasteiger partial charge in [0.25, 0.3) is 0 Å². The molecule has 6 N–H and O–H groups in total. The van der Waals surface area contributed by atoms with Gasteiger partial charge in [-0.3, -0.25) is 0 Å². The maximum absolute atomic E-state index is 8.55. The van der Waals surface area contributed by atoms with Gasteiger partial charge in [-0.2, -0.15) is 23.5 Å². The summed E-state index contributed by atoms with van der Waals surface area (Å²) in [5.41, 5.74) is 0. The third-order valence-electron chi connectivity index (χ3n) is 0. The van der Waals surface area contributed by atoms with E-state index in [0.717, 1.165) is 0 Å². The Morgan fingerprint density at radius 2 is 0.409 bits per heavy atom. The summed E-state index contributed by atoms with van der Waals surface area (Å²) in [7, 11) is -16.2. The normalized spacial score (nSPS) is 8.05. The van der Waals surface area contributed by atoms with Crippen molar-refractivity contribution in [3.8, 4) is 0 Å². The van der Waals surface area contributed by atoms with Crippen molar-refractivity contribution >= 4 is 40.8 Å². The van der Waals surface area contributed by atoms with Crippen molar-refractivity contribution in [3.05, 3.63) is 0 Å². The molecule has 0 aromatic carbocycles. The minimum atomic E-state index is -5.39. The molecule has 22 heavy (non-hydrogen) atoms. The molecular weight excluding hydrogens is 556 g/mol. The van der Waals surface area contributed by atoms with Gasteiger partial charge in [-0.25, -0.2) is 0 Å². The first-order chi connectivity index (χ1) is 6.00. The van der Waals surface area contributed by atoms with Crippen molar-refractivity contribution in [2.75, 3.05) is 0 Å². The monoisotopic (exact) mass is 558 g/mol. The number of phosphoric acid groups is 3. The smallest absolute Gasteiger partial charge is 0.822 e. The molecular formula is H6AlO15P3Zn3. The summed E-state index contributed by atoms with van der Waals surface area (Å²) < 4.78 is 25.6. The Balaban J connectivity index is -0.0000000106. The molecule has 0 saturated carbocycles. The van der Waals surface area contributed by atoms with Gasteiger partial charge in [0.05, 0.1) is 0 Å². The first-order valence-electron chi connectivity index (χ1n) is 2.19. The molecule has 0 radical (unpaired) electrons. The largest absolute Gasteiger partial charge is 3.00 e. The van der Waals surface area contributed by atoms with Crippen LogP contribution in [0.5, 0.6) is 0 Å². The zero-order valence-corrected chi connectivity index (χ0v) is 23.2. The molecule has 0 atom stereocenters. The van der Waals surface area contributed by atoms with Crippen LogP contribution in [0.1, 0.15) is 0 Å². The summed E-state index contributed by atoms with van der Waals surface area (Å²) in [6.07, 6.45) is 0. The van der Waals surface area contributed by atoms with E-state index < -0.39 is 23.5 Å². The van der Waals surface area contributed by atoms with Gasteiger partial charge in [-0.15, -0.1) is 0 Å². The predicted molar refractivity (Wildman–Crippen MR) is 39.4 cm³/mol. The van der Waals surface area contributed by atoms with Gasteiger partial charge in [-0.05, 0) is 0 Å². The van der Waals surface area contributed by atoms with E-state index in [1.54, 1.807) is 0 Å². The minimum Gasteiger partial charge on any atom is -0.822 e. The van der Waals surface area contributed by atoms with Crippen molar-refractivity contribution in [2.45, 2.75) is 0 Å². The van der Waals surface area contributed by atoms with E-state index in [1.165, 1.54) is 0 Å². The average molecular weight is 562 g/mol. The molecule has 0 aliphatic heterocycles. The Hall–Kier alpha value is 2.61. The maximum Gasteiger partial charge on any atom is 3.00 e. The van der Waals surface area contributed by atoms with Gasteiger partial charge in [0.15, 0.2) is 0 Å². The Kier molecular flexibility index (Phi) is 83.0. The minimum absolute atomic E-state index is 0. The van der Waals surface area contributed by atoms with Gasteiger partial charge in [0.2, 0.25) is 0 Å². The fourth-order valence-corrected chi connectivity index (χ4v) is 0. The molecule has 0 aliphatic carbocycles. The van der Waals surface area contributed by atoms with Gasteiger partial charge in [0.1, 0.15) is 0 Å². The third kappa shape index (κ3) is 1550. The molecule has 15 nitrogen and oxygen atoms in total. The first kappa shape index (κ1) is 64.3. The summed E-state index contributed by atoms with van der Waals surface area (Å²) in [5, 5.41) is 0. The van der Waals surface area contributed by atoms with Crippen molar-refractivity contribution in [2.24, 2.45) is 0 Å². The van der Waals surface area contributed by atoms with Crippen LogP contribution < -0.4 is 44.0 Å². The van der Waals surface area contributed by atoms with Gasteiger partial charge in [-0.1, -0.05) is 0 Å². The van der Waals surface area contributed by atoms with Crippen LogP contribution in [0.15, 0.2) is 0 Å². The van der Waals surface area contributed by atoms with Crippen molar-refractivity contribution in [1.29, 1.82) is 0 Å². The molecule has 0 saturated heterocycles. The quantitative estimate of drug-likeness (QED) is 0.196. The summed E-state index contributed by atoms with van der Waals surface area (Å²) in [6, 6.07) is 0. The molecule has 0 fully saturated rings. The van der Waals surface area contributed by atoms with E-state index in [-0.39, 0.29) is 92.2 Å². The van der Waals surface area contributed by atoms with E-state index >= 15 is 0 Å². The molecule has 0 heterocycles. The molecule has 0 amide bonds. The Labute approximate surface area is 172 Å². The van der Waals surface area contributed by atoms with E-state index in [9.17, 15) is 0 Å². The molecule has 0 spiro atoms. The summed E-state index contributed by atoms with van der Waals surface area (Å²) >= 11 is 0. The molecule has 0 bridgehead atoms. The van der Waals surface area contributed by atoms with Crippen LogP contribution in [-0.4, -0.2) is 33.8 Å². The van der Waals surface area contributed by atoms with Crippen LogP contribution >= 0.6 is 23.5 Å².